The van der Waals surface area contributed by atoms with Crippen molar-refractivity contribution in [2.24, 2.45) is 0 Å². The highest BCUT2D eigenvalue weighted by atomic mass is 35.5. The molecule has 0 fully saturated rings. The first-order valence-electron chi connectivity index (χ1n) is 7.12. The number of aromatic hydroxyl groups is 1. The molecule has 126 valence electrons. The number of benzene rings is 2. The van der Waals surface area contributed by atoms with E-state index in [0.29, 0.717) is 16.8 Å². The third-order valence-electron chi connectivity index (χ3n) is 3.22. The van der Waals surface area contributed by atoms with Gasteiger partial charge >= 0.3 is 0 Å². The Balaban J connectivity index is 2.09. The minimum atomic E-state index is -3.34. The molecule has 0 unspecified atom stereocenters. The Bertz CT molecular complexity index is 874. The third-order valence-corrected chi connectivity index (χ3v) is 4.83. The smallest absolute Gasteiger partial charge is 0.232 e. The van der Waals surface area contributed by atoms with Crippen LogP contribution < -0.4 is 4.72 Å². The highest BCUT2D eigenvalue weighted by Gasteiger charge is 2.07. The molecule has 2 aromatic carbocycles. The molecule has 0 spiro atoms. The van der Waals surface area contributed by atoms with Crippen molar-refractivity contribution in [3.63, 3.8) is 0 Å². The van der Waals surface area contributed by atoms with Gasteiger partial charge in [-0.15, -0.1) is 0 Å². The molecular formula is C17H16ClNO4S. The average Bonchev–Trinajstić information content (AvgIpc) is 2.56. The van der Waals surface area contributed by atoms with Crippen molar-refractivity contribution in [3.8, 4) is 5.75 Å². The van der Waals surface area contributed by atoms with Crippen LogP contribution in [0.3, 0.4) is 0 Å². The molecule has 0 atom stereocenters. The molecule has 7 heteroatoms. The number of halogens is 1. The molecule has 0 saturated heterocycles. The van der Waals surface area contributed by atoms with E-state index in [2.05, 4.69) is 4.72 Å². The lowest BCUT2D eigenvalue weighted by molar-refractivity contribution is 0.104. The summed E-state index contributed by atoms with van der Waals surface area (Å²) in [6.45, 7) is 1.54. The Labute approximate surface area is 145 Å². The number of rotatable bonds is 6. The first-order valence-corrected chi connectivity index (χ1v) is 9.15. The fourth-order valence-corrected chi connectivity index (χ4v) is 2.68. The SMILES string of the molecule is CCS(=O)(=O)Nc1ccc(C(=O)C=Cc2ccc(O)c(Cl)c2)cc1. The normalized spacial score (nSPS) is 11.6. The highest BCUT2D eigenvalue weighted by Crippen LogP contribution is 2.24. The van der Waals surface area contributed by atoms with Crippen molar-refractivity contribution >= 4 is 39.2 Å². The lowest BCUT2D eigenvalue weighted by Crippen LogP contribution is -2.14. The quantitative estimate of drug-likeness (QED) is 0.604. The van der Waals surface area contributed by atoms with Crippen LogP contribution in [0.25, 0.3) is 6.08 Å². The number of phenolic OH excluding ortho intramolecular Hbond substituents is 1. The molecule has 0 heterocycles. The summed E-state index contributed by atoms with van der Waals surface area (Å²) in [6.07, 6.45) is 2.97. The first-order chi connectivity index (χ1) is 11.3. The van der Waals surface area contributed by atoms with Crippen LogP contribution >= 0.6 is 11.6 Å². The second-order valence-corrected chi connectivity index (χ2v) is 7.41. The van der Waals surface area contributed by atoms with Crippen LogP contribution in [0.15, 0.2) is 48.5 Å². The molecule has 0 aromatic heterocycles. The molecule has 5 nitrogen and oxygen atoms in total. The minimum absolute atomic E-state index is 0.0222. The number of carbonyl (C=O) groups is 1. The van der Waals surface area contributed by atoms with Gasteiger partial charge in [0, 0.05) is 11.3 Å². The average molecular weight is 366 g/mol. The van der Waals surface area contributed by atoms with Crippen LogP contribution in [-0.2, 0) is 10.0 Å². The zero-order chi connectivity index (χ0) is 17.7. The molecule has 2 N–H and O–H groups in total. The summed E-state index contributed by atoms with van der Waals surface area (Å²) in [6, 6.07) is 10.8. The molecule has 0 amide bonds. The summed E-state index contributed by atoms with van der Waals surface area (Å²) in [4.78, 5) is 12.1. The van der Waals surface area contributed by atoms with E-state index in [0.717, 1.165) is 0 Å². The van der Waals surface area contributed by atoms with E-state index < -0.39 is 10.0 Å². The van der Waals surface area contributed by atoms with Gasteiger partial charge in [-0.2, -0.15) is 0 Å². The number of nitrogens with one attached hydrogen (secondary N) is 1. The fourth-order valence-electron chi connectivity index (χ4n) is 1.85. The predicted molar refractivity (Wildman–Crippen MR) is 96.0 cm³/mol. The molecule has 0 aliphatic carbocycles. The number of ketones is 1. The summed E-state index contributed by atoms with van der Waals surface area (Å²) in [5, 5.41) is 9.56. The zero-order valence-corrected chi connectivity index (χ0v) is 14.4. The standard InChI is InChI=1S/C17H16ClNO4S/c1-2-24(22,23)19-14-7-5-13(6-8-14)16(20)9-3-12-4-10-17(21)15(18)11-12/h3-11,19,21H,2H2,1H3. The largest absolute Gasteiger partial charge is 0.506 e. The summed E-state index contributed by atoms with van der Waals surface area (Å²) in [5.41, 5.74) is 1.51. The molecule has 2 aromatic rings. The summed E-state index contributed by atoms with van der Waals surface area (Å²) in [7, 11) is -3.34. The van der Waals surface area contributed by atoms with Crippen molar-refractivity contribution < 1.29 is 18.3 Å². The molecule has 2 rings (SSSR count). The lowest BCUT2D eigenvalue weighted by Gasteiger charge is -2.06. The second kappa shape index (κ2) is 7.51. The molecule has 0 saturated carbocycles. The van der Waals surface area contributed by atoms with Crippen LogP contribution in [0, 0.1) is 0 Å². The van der Waals surface area contributed by atoms with Gasteiger partial charge in [-0.25, -0.2) is 8.42 Å². The lowest BCUT2D eigenvalue weighted by atomic mass is 10.1. The molecule has 0 bridgehead atoms. The third kappa shape index (κ3) is 4.84. The number of anilines is 1. The van der Waals surface area contributed by atoms with E-state index in [4.69, 9.17) is 11.6 Å². The number of phenols is 1. The van der Waals surface area contributed by atoms with Crippen molar-refractivity contribution in [1.29, 1.82) is 0 Å². The number of hydrogen-bond donors (Lipinski definition) is 2. The summed E-state index contributed by atoms with van der Waals surface area (Å²) >= 11 is 5.80. The van der Waals surface area contributed by atoms with Crippen molar-refractivity contribution in [3.05, 3.63) is 64.7 Å². The van der Waals surface area contributed by atoms with Gasteiger partial charge in [0.1, 0.15) is 5.75 Å². The Morgan fingerprint density at radius 3 is 2.46 bits per heavy atom. The van der Waals surface area contributed by atoms with Gasteiger partial charge in [-0.1, -0.05) is 23.7 Å². The molecule has 0 radical (unpaired) electrons. The van der Waals surface area contributed by atoms with E-state index >= 15 is 0 Å². The topological polar surface area (TPSA) is 83.5 Å². The monoisotopic (exact) mass is 365 g/mol. The van der Waals surface area contributed by atoms with E-state index in [9.17, 15) is 18.3 Å². The minimum Gasteiger partial charge on any atom is -0.506 e. The van der Waals surface area contributed by atoms with Crippen LogP contribution in [0.2, 0.25) is 5.02 Å². The summed E-state index contributed by atoms with van der Waals surface area (Å²) < 4.78 is 25.4. The van der Waals surface area contributed by atoms with E-state index in [-0.39, 0.29) is 22.3 Å². The maximum absolute atomic E-state index is 12.1. The van der Waals surface area contributed by atoms with Gasteiger partial charge in [0.05, 0.1) is 10.8 Å². The Morgan fingerprint density at radius 1 is 1.21 bits per heavy atom. The Kier molecular flexibility index (Phi) is 5.64. The van der Waals surface area contributed by atoms with Gasteiger partial charge < -0.3 is 5.11 Å². The number of sulfonamides is 1. The Hall–Kier alpha value is -2.31. The van der Waals surface area contributed by atoms with E-state index in [1.165, 1.54) is 24.3 Å². The molecule has 0 aliphatic heterocycles. The first kappa shape index (κ1) is 18.0. The second-order valence-electron chi connectivity index (χ2n) is 4.99. The number of allylic oxidation sites excluding steroid dienone is 1. The maximum atomic E-state index is 12.1. The molecule has 0 aliphatic rings. The maximum Gasteiger partial charge on any atom is 0.232 e. The van der Waals surface area contributed by atoms with Gasteiger partial charge in [0.15, 0.2) is 5.78 Å². The van der Waals surface area contributed by atoms with Crippen molar-refractivity contribution in [2.45, 2.75) is 6.92 Å². The predicted octanol–water partition coefficient (Wildman–Crippen LogP) is 3.70. The van der Waals surface area contributed by atoms with Crippen LogP contribution in [0.4, 0.5) is 5.69 Å². The molecule has 24 heavy (non-hydrogen) atoms. The summed E-state index contributed by atoms with van der Waals surface area (Å²) in [5.74, 6) is -0.277. The van der Waals surface area contributed by atoms with Gasteiger partial charge in [-0.05, 0) is 55.0 Å². The van der Waals surface area contributed by atoms with Gasteiger partial charge in [0.25, 0.3) is 0 Å². The van der Waals surface area contributed by atoms with Gasteiger partial charge in [-0.3, -0.25) is 9.52 Å². The highest BCUT2D eigenvalue weighted by molar-refractivity contribution is 7.92. The number of hydrogen-bond acceptors (Lipinski definition) is 4. The fraction of sp³-hybridized carbons (Fsp3) is 0.118. The molecular weight excluding hydrogens is 350 g/mol. The van der Waals surface area contributed by atoms with Crippen LogP contribution in [0.5, 0.6) is 5.75 Å². The van der Waals surface area contributed by atoms with Crippen LogP contribution in [0.1, 0.15) is 22.8 Å². The Morgan fingerprint density at radius 2 is 1.88 bits per heavy atom. The number of carbonyl (C=O) groups excluding carboxylic acids is 1. The van der Waals surface area contributed by atoms with Crippen molar-refractivity contribution in [2.75, 3.05) is 10.5 Å². The van der Waals surface area contributed by atoms with Gasteiger partial charge in [0.2, 0.25) is 10.0 Å². The zero-order valence-electron chi connectivity index (χ0n) is 12.9. The van der Waals surface area contributed by atoms with Crippen LogP contribution in [-0.4, -0.2) is 25.1 Å². The van der Waals surface area contributed by atoms with Crippen molar-refractivity contribution in [1.82, 2.24) is 0 Å². The van der Waals surface area contributed by atoms with E-state index in [1.54, 1.807) is 37.3 Å². The van der Waals surface area contributed by atoms with E-state index in [1.807, 2.05) is 0 Å².